The zero-order chi connectivity index (χ0) is 12.4. The highest BCUT2D eigenvalue weighted by atomic mass is 16.5. The lowest BCUT2D eigenvalue weighted by atomic mass is 9.89. The molecule has 3 heteroatoms. The van der Waals surface area contributed by atoms with Crippen molar-refractivity contribution < 1.29 is 4.74 Å². The van der Waals surface area contributed by atoms with E-state index in [-0.39, 0.29) is 0 Å². The van der Waals surface area contributed by atoms with Crippen LogP contribution in [0, 0.1) is 0 Å². The molecule has 18 heavy (non-hydrogen) atoms. The first-order chi connectivity index (χ1) is 8.88. The van der Waals surface area contributed by atoms with Crippen LogP contribution in [0.3, 0.4) is 0 Å². The molecule has 1 saturated heterocycles. The quantitative estimate of drug-likeness (QED) is 0.879. The Hall–Kier alpha value is -1.61. The van der Waals surface area contributed by atoms with Gasteiger partial charge in [-0.05, 0) is 54.9 Å². The summed E-state index contributed by atoms with van der Waals surface area (Å²) in [5.74, 6) is 1.39. The second-order valence-corrected chi connectivity index (χ2v) is 4.83. The molecule has 0 radical (unpaired) electrons. The molecule has 0 atom stereocenters. The Balaban J connectivity index is 2.03. The van der Waals surface area contributed by atoms with Crippen molar-refractivity contribution in [1.82, 2.24) is 10.3 Å². The minimum Gasteiger partial charge on any atom is -0.481 e. The van der Waals surface area contributed by atoms with Crippen LogP contribution in [0.4, 0.5) is 0 Å². The zero-order valence-electron chi connectivity index (χ0n) is 10.6. The van der Waals surface area contributed by atoms with E-state index in [4.69, 9.17) is 4.74 Å². The molecule has 0 spiro atoms. The fourth-order valence-electron chi connectivity index (χ4n) is 2.73. The van der Waals surface area contributed by atoms with Gasteiger partial charge in [-0.15, -0.1) is 0 Å². The normalized spacial score (nSPS) is 16.9. The van der Waals surface area contributed by atoms with Crippen molar-refractivity contribution in [2.24, 2.45) is 0 Å². The van der Waals surface area contributed by atoms with Crippen molar-refractivity contribution in [3.8, 4) is 5.88 Å². The number of rotatable bonds is 2. The largest absolute Gasteiger partial charge is 0.481 e. The van der Waals surface area contributed by atoms with Crippen LogP contribution in [-0.4, -0.2) is 25.2 Å². The summed E-state index contributed by atoms with van der Waals surface area (Å²) in [5.41, 5.74) is 1.41. The predicted octanol–water partition coefficient (Wildman–Crippen LogP) is 2.71. The van der Waals surface area contributed by atoms with Crippen LogP contribution in [0.5, 0.6) is 5.88 Å². The summed E-state index contributed by atoms with van der Waals surface area (Å²) in [7, 11) is 1.68. The van der Waals surface area contributed by atoms with E-state index in [2.05, 4.69) is 28.5 Å². The van der Waals surface area contributed by atoms with Crippen molar-refractivity contribution in [3.05, 3.63) is 36.0 Å². The molecule has 0 saturated carbocycles. The fraction of sp³-hybridized carbons (Fsp3) is 0.400. The minimum atomic E-state index is 0.667. The van der Waals surface area contributed by atoms with Crippen LogP contribution in [0.25, 0.3) is 10.8 Å². The van der Waals surface area contributed by atoms with E-state index in [0.717, 1.165) is 24.4 Å². The minimum absolute atomic E-state index is 0.667. The number of fused-ring (bicyclic) bond motifs is 1. The molecule has 1 aromatic heterocycles. The van der Waals surface area contributed by atoms with Crippen molar-refractivity contribution in [1.29, 1.82) is 0 Å². The van der Waals surface area contributed by atoms with Gasteiger partial charge < -0.3 is 10.1 Å². The molecule has 0 amide bonds. The monoisotopic (exact) mass is 242 g/mol. The van der Waals surface area contributed by atoms with E-state index in [0.29, 0.717) is 5.92 Å². The molecule has 1 N–H and O–H groups in total. The van der Waals surface area contributed by atoms with Crippen LogP contribution in [0.15, 0.2) is 30.5 Å². The van der Waals surface area contributed by atoms with Gasteiger partial charge in [0.15, 0.2) is 0 Å². The topological polar surface area (TPSA) is 34.1 Å². The van der Waals surface area contributed by atoms with Gasteiger partial charge in [0.1, 0.15) is 0 Å². The second-order valence-electron chi connectivity index (χ2n) is 4.83. The highest BCUT2D eigenvalue weighted by molar-refractivity contribution is 5.87. The van der Waals surface area contributed by atoms with E-state index >= 15 is 0 Å². The summed E-state index contributed by atoms with van der Waals surface area (Å²) >= 11 is 0. The molecule has 0 unspecified atom stereocenters. The number of nitrogens with zero attached hydrogens (tertiary/aromatic N) is 1. The molecule has 3 nitrogen and oxygen atoms in total. The summed E-state index contributed by atoms with van der Waals surface area (Å²) < 4.78 is 5.35. The van der Waals surface area contributed by atoms with Crippen LogP contribution >= 0.6 is 0 Å². The van der Waals surface area contributed by atoms with Gasteiger partial charge in [0.05, 0.1) is 7.11 Å². The molecule has 3 rings (SSSR count). The lowest BCUT2D eigenvalue weighted by Gasteiger charge is -2.23. The van der Waals surface area contributed by atoms with E-state index in [1.165, 1.54) is 23.8 Å². The Labute approximate surface area is 107 Å². The van der Waals surface area contributed by atoms with Crippen LogP contribution in [-0.2, 0) is 0 Å². The van der Waals surface area contributed by atoms with Crippen molar-refractivity contribution in [2.45, 2.75) is 18.8 Å². The van der Waals surface area contributed by atoms with Crippen molar-refractivity contribution >= 4 is 10.8 Å². The zero-order valence-corrected chi connectivity index (χ0v) is 10.6. The summed E-state index contributed by atoms with van der Waals surface area (Å²) in [5, 5.41) is 5.72. The maximum atomic E-state index is 5.35. The third-order valence-corrected chi connectivity index (χ3v) is 3.76. The van der Waals surface area contributed by atoms with E-state index in [9.17, 15) is 0 Å². The maximum Gasteiger partial charge on any atom is 0.221 e. The van der Waals surface area contributed by atoms with Gasteiger partial charge in [-0.2, -0.15) is 0 Å². The SMILES string of the molecule is COc1nccc2ccc(C3CCNCC3)cc12. The number of piperidine rings is 1. The fourth-order valence-corrected chi connectivity index (χ4v) is 2.73. The first-order valence-corrected chi connectivity index (χ1v) is 6.52. The molecule has 1 aromatic carbocycles. The summed E-state index contributed by atoms with van der Waals surface area (Å²) in [6, 6.07) is 8.70. The lowest BCUT2D eigenvalue weighted by Crippen LogP contribution is -2.26. The van der Waals surface area contributed by atoms with E-state index in [1.54, 1.807) is 13.3 Å². The van der Waals surface area contributed by atoms with Gasteiger partial charge in [-0.25, -0.2) is 4.98 Å². The number of hydrogen-bond donors (Lipinski definition) is 1. The summed E-state index contributed by atoms with van der Waals surface area (Å²) in [6.07, 6.45) is 4.23. The molecule has 94 valence electrons. The van der Waals surface area contributed by atoms with Crippen LogP contribution in [0.1, 0.15) is 24.3 Å². The van der Waals surface area contributed by atoms with Crippen LogP contribution in [0.2, 0.25) is 0 Å². The standard InChI is InChI=1S/C15H18N2O/c1-18-15-14-10-13(11-4-7-16-8-5-11)3-2-12(14)6-9-17-15/h2-3,6,9-11,16H,4-5,7-8H2,1H3. The molecule has 1 aliphatic rings. The maximum absolute atomic E-state index is 5.35. The van der Waals surface area contributed by atoms with Gasteiger partial charge in [0.2, 0.25) is 5.88 Å². The van der Waals surface area contributed by atoms with E-state index < -0.39 is 0 Å². The summed E-state index contributed by atoms with van der Waals surface area (Å²) in [6.45, 7) is 2.24. The Morgan fingerprint density at radius 1 is 1.22 bits per heavy atom. The Bertz CT molecular complexity index is 547. The van der Waals surface area contributed by atoms with Gasteiger partial charge in [0.25, 0.3) is 0 Å². The van der Waals surface area contributed by atoms with Gasteiger partial charge in [-0.3, -0.25) is 0 Å². The van der Waals surface area contributed by atoms with Crippen molar-refractivity contribution in [3.63, 3.8) is 0 Å². The highest BCUT2D eigenvalue weighted by Gasteiger charge is 2.16. The number of aromatic nitrogens is 1. The molecular formula is C15H18N2O. The number of benzene rings is 1. The average Bonchev–Trinajstić information content (AvgIpc) is 2.47. The molecule has 0 bridgehead atoms. The smallest absolute Gasteiger partial charge is 0.221 e. The molecule has 1 fully saturated rings. The number of nitrogens with one attached hydrogen (secondary N) is 1. The lowest BCUT2D eigenvalue weighted by molar-refractivity contribution is 0.403. The first-order valence-electron chi connectivity index (χ1n) is 6.52. The molecular weight excluding hydrogens is 224 g/mol. The van der Waals surface area contributed by atoms with Crippen LogP contribution < -0.4 is 10.1 Å². The molecule has 2 heterocycles. The number of pyridine rings is 1. The van der Waals surface area contributed by atoms with Crippen molar-refractivity contribution in [2.75, 3.05) is 20.2 Å². The number of ether oxygens (including phenoxy) is 1. The summed E-state index contributed by atoms with van der Waals surface area (Å²) in [4.78, 5) is 4.28. The number of hydrogen-bond acceptors (Lipinski definition) is 3. The Morgan fingerprint density at radius 3 is 2.83 bits per heavy atom. The van der Waals surface area contributed by atoms with E-state index in [1.807, 2.05) is 6.07 Å². The molecule has 0 aliphatic carbocycles. The molecule has 1 aliphatic heterocycles. The Kier molecular flexibility index (Phi) is 3.15. The van der Waals surface area contributed by atoms with Gasteiger partial charge in [-0.1, -0.05) is 12.1 Å². The van der Waals surface area contributed by atoms with Gasteiger partial charge >= 0.3 is 0 Å². The Morgan fingerprint density at radius 2 is 2.06 bits per heavy atom. The third-order valence-electron chi connectivity index (χ3n) is 3.76. The highest BCUT2D eigenvalue weighted by Crippen LogP contribution is 2.30. The number of methoxy groups -OCH3 is 1. The second kappa shape index (κ2) is 4.94. The average molecular weight is 242 g/mol. The molecule has 2 aromatic rings. The van der Waals surface area contributed by atoms with Gasteiger partial charge in [0, 0.05) is 11.6 Å². The predicted molar refractivity (Wildman–Crippen MR) is 73.1 cm³/mol. The first kappa shape index (κ1) is 11.5. The third kappa shape index (κ3) is 2.06.